The molecule has 2 aromatic carbocycles. The van der Waals surface area contributed by atoms with E-state index in [2.05, 4.69) is 21.0 Å². The molecule has 132 valence electrons. The second-order valence-electron chi connectivity index (χ2n) is 6.61. The number of ketones is 1. The van der Waals surface area contributed by atoms with E-state index in [0.29, 0.717) is 0 Å². The van der Waals surface area contributed by atoms with Crippen LogP contribution in [0.25, 0.3) is 0 Å². The Labute approximate surface area is 158 Å². The van der Waals surface area contributed by atoms with Crippen molar-refractivity contribution in [2.24, 2.45) is 5.10 Å². The van der Waals surface area contributed by atoms with Gasteiger partial charge in [0.05, 0.1) is 12.1 Å². The third-order valence-electron chi connectivity index (χ3n) is 5.16. The molecule has 2 aromatic rings. The van der Waals surface area contributed by atoms with Crippen molar-refractivity contribution in [1.29, 1.82) is 0 Å². The van der Waals surface area contributed by atoms with Gasteiger partial charge in [-0.05, 0) is 30.2 Å². The van der Waals surface area contributed by atoms with Crippen LogP contribution in [-0.4, -0.2) is 34.0 Å². The van der Waals surface area contributed by atoms with Gasteiger partial charge in [-0.3, -0.25) is 19.9 Å². The number of nitro groups is 1. The van der Waals surface area contributed by atoms with Crippen LogP contribution in [0.5, 0.6) is 0 Å². The number of nitrogens with zero attached hydrogens (tertiary/aromatic N) is 3. The highest BCUT2D eigenvalue weighted by Crippen LogP contribution is 2.49. The highest BCUT2D eigenvalue weighted by atomic mass is 79.9. The lowest BCUT2D eigenvalue weighted by atomic mass is 9.84. The zero-order chi connectivity index (χ0) is 18.4. The summed E-state index contributed by atoms with van der Waals surface area (Å²) in [6.45, 7) is 1.48. The first-order valence-electron chi connectivity index (χ1n) is 8.29. The molecule has 0 bridgehead atoms. The first-order chi connectivity index (χ1) is 12.5. The summed E-state index contributed by atoms with van der Waals surface area (Å²) in [5.41, 5.74) is 2.48. The van der Waals surface area contributed by atoms with E-state index in [9.17, 15) is 14.9 Å². The van der Waals surface area contributed by atoms with Gasteiger partial charge in [-0.15, -0.1) is 0 Å². The smallest absolute Gasteiger partial charge is 0.248 e. The van der Waals surface area contributed by atoms with Crippen LogP contribution in [0.15, 0.2) is 58.1 Å². The molecule has 0 saturated carbocycles. The fourth-order valence-electron chi connectivity index (χ4n) is 4.12. The molecule has 2 aliphatic heterocycles. The predicted octanol–water partition coefficient (Wildman–Crippen LogP) is 3.54. The molecule has 2 heterocycles. The van der Waals surface area contributed by atoms with Gasteiger partial charge in [-0.25, -0.2) is 0 Å². The highest BCUT2D eigenvalue weighted by Gasteiger charge is 2.59. The summed E-state index contributed by atoms with van der Waals surface area (Å²) >= 11 is 3.39. The van der Waals surface area contributed by atoms with E-state index in [-0.39, 0.29) is 10.7 Å². The van der Waals surface area contributed by atoms with Gasteiger partial charge in [0.15, 0.2) is 5.78 Å². The molecule has 6 nitrogen and oxygen atoms in total. The molecule has 0 unspecified atom stereocenters. The highest BCUT2D eigenvalue weighted by molar-refractivity contribution is 9.10. The molecule has 0 radical (unpaired) electrons. The molecule has 4 rings (SSSR count). The number of hydrogen-bond donors (Lipinski definition) is 0. The number of hydrogen-bond acceptors (Lipinski definition) is 5. The van der Waals surface area contributed by atoms with Crippen LogP contribution in [0.2, 0.25) is 0 Å². The maximum Gasteiger partial charge on any atom is 0.248 e. The summed E-state index contributed by atoms with van der Waals surface area (Å²) < 4.78 is 0.886. The summed E-state index contributed by atoms with van der Waals surface area (Å²) in [6, 6.07) is 12.7. The fourth-order valence-corrected chi connectivity index (χ4v) is 4.39. The summed E-state index contributed by atoms with van der Waals surface area (Å²) in [5.74, 6) is -0.687. The van der Waals surface area contributed by atoms with Crippen molar-refractivity contribution in [3.63, 3.8) is 0 Å². The van der Waals surface area contributed by atoms with Crippen molar-refractivity contribution in [2.45, 2.75) is 31.0 Å². The van der Waals surface area contributed by atoms with Gasteiger partial charge in [0.1, 0.15) is 12.1 Å². The third-order valence-corrected chi connectivity index (χ3v) is 5.69. The van der Waals surface area contributed by atoms with Crippen molar-refractivity contribution in [3.05, 3.63) is 79.8 Å². The fraction of sp³-hybridized carbons (Fsp3) is 0.263. The van der Waals surface area contributed by atoms with Crippen molar-refractivity contribution < 1.29 is 9.72 Å². The Morgan fingerprint density at radius 1 is 1.19 bits per heavy atom. The number of halogens is 1. The van der Waals surface area contributed by atoms with Crippen LogP contribution in [0.3, 0.4) is 0 Å². The van der Waals surface area contributed by atoms with Crippen molar-refractivity contribution in [2.75, 3.05) is 0 Å². The Balaban J connectivity index is 1.91. The van der Waals surface area contributed by atoms with E-state index in [1.54, 1.807) is 11.2 Å². The molecular weight excluding hydrogens is 398 g/mol. The van der Waals surface area contributed by atoms with E-state index in [1.807, 2.05) is 48.5 Å². The molecule has 1 saturated heterocycles. The molecule has 2 aliphatic rings. The molecule has 1 fully saturated rings. The summed E-state index contributed by atoms with van der Waals surface area (Å²) in [5, 5.41) is 18.2. The van der Waals surface area contributed by atoms with Gasteiger partial charge in [0.2, 0.25) is 6.04 Å². The van der Waals surface area contributed by atoms with E-state index in [4.69, 9.17) is 0 Å². The average molecular weight is 414 g/mol. The summed E-state index contributed by atoms with van der Waals surface area (Å²) in [6.07, 6.45) is 1.68. The Bertz CT molecular complexity index is 913. The van der Waals surface area contributed by atoms with Gasteiger partial charge >= 0.3 is 0 Å². The monoisotopic (exact) mass is 413 g/mol. The number of fused-ring (bicyclic) bond motifs is 3. The number of carbonyl (C=O) groups is 1. The van der Waals surface area contributed by atoms with Crippen LogP contribution in [0.4, 0.5) is 0 Å². The lowest BCUT2D eigenvalue weighted by Gasteiger charge is -2.30. The molecule has 7 heteroatoms. The number of Topliss-reactive ketones (excluding diaryl/α,β-unsaturated/α-hetero) is 1. The molecule has 0 aromatic heterocycles. The van der Waals surface area contributed by atoms with Crippen LogP contribution in [-0.2, 0) is 4.79 Å². The lowest BCUT2D eigenvalue weighted by Crippen LogP contribution is -2.36. The minimum absolute atomic E-state index is 0.121. The maximum absolute atomic E-state index is 12.5. The Kier molecular flexibility index (Phi) is 4.11. The van der Waals surface area contributed by atoms with Gasteiger partial charge < -0.3 is 0 Å². The average Bonchev–Trinajstić information content (AvgIpc) is 2.98. The van der Waals surface area contributed by atoms with E-state index < -0.39 is 24.0 Å². The number of carbonyl (C=O) groups excluding carboxylic acids is 1. The van der Waals surface area contributed by atoms with E-state index in [0.717, 1.165) is 21.2 Å². The summed E-state index contributed by atoms with van der Waals surface area (Å²) in [4.78, 5) is 24.3. The van der Waals surface area contributed by atoms with Gasteiger partial charge in [-0.1, -0.05) is 52.3 Å². The second-order valence-corrected chi connectivity index (χ2v) is 7.52. The second kappa shape index (κ2) is 6.32. The molecule has 0 N–H and O–H groups in total. The normalized spacial score (nSPS) is 26.3. The van der Waals surface area contributed by atoms with E-state index >= 15 is 0 Å². The third kappa shape index (κ3) is 2.54. The van der Waals surface area contributed by atoms with Gasteiger partial charge in [0.25, 0.3) is 0 Å². The zero-order valence-electron chi connectivity index (χ0n) is 13.9. The quantitative estimate of drug-likeness (QED) is 0.569. The van der Waals surface area contributed by atoms with Crippen molar-refractivity contribution >= 4 is 27.9 Å². The molecule has 0 amide bonds. The van der Waals surface area contributed by atoms with Gasteiger partial charge in [-0.2, -0.15) is 5.10 Å². The maximum atomic E-state index is 12.5. The number of rotatable bonds is 3. The van der Waals surface area contributed by atoms with Crippen molar-refractivity contribution in [1.82, 2.24) is 5.01 Å². The zero-order valence-corrected chi connectivity index (χ0v) is 15.5. The van der Waals surface area contributed by atoms with Crippen LogP contribution in [0, 0.1) is 10.1 Å². The molecule has 4 atom stereocenters. The standard InChI is InChI=1S/C19H16BrN3O3/c1-11(24)17-16(12-6-8-14(20)9-7-12)19(23(25)26)18-15-5-3-2-4-13(15)10-21-22(17)18/h2-10,16-19H,1H3/t16-,17+,18-,19+/m0/s1. The van der Waals surface area contributed by atoms with Crippen LogP contribution in [0.1, 0.15) is 35.6 Å². The topological polar surface area (TPSA) is 75.8 Å². The van der Waals surface area contributed by atoms with E-state index in [1.165, 1.54) is 6.92 Å². The number of benzene rings is 2. The van der Waals surface area contributed by atoms with Gasteiger partial charge in [0, 0.05) is 15.0 Å². The molecule has 26 heavy (non-hydrogen) atoms. The largest absolute Gasteiger partial charge is 0.298 e. The lowest BCUT2D eigenvalue weighted by molar-refractivity contribution is -0.529. The minimum atomic E-state index is -0.955. The minimum Gasteiger partial charge on any atom is -0.298 e. The predicted molar refractivity (Wildman–Crippen MR) is 101 cm³/mol. The van der Waals surface area contributed by atoms with Crippen LogP contribution < -0.4 is 0 Å². The first-order valence-corrected chi connectivity index (χ1v) is 9.09. The van der Waals surface area contributed by atoms with Crippen molar-refractivity contribution in [3.8, 4) is 0 Å². The SMILES string of the molecule is CC(=O)[C@@H]1[C@H](c2ccc(Br)cc2)[C@@H]([N+](=O)[O-])[C@@H]2c3ccccc3C=NN12. The molecule has 0 aliphatic carbocycles. The molecule has 0 spiro atoms. The Hall–Kier alpha value is -2.54. The Morgan fingerprint density at radius 3 is 2.54 bits per heavy atom. The molecular formula is C19H16BrN3O3. The Morgan fingerprint density at radius 2 is 1.88 bits per heavy atom. The number of hydrazone groups is 1. The summed E-state index contributed by atoms with van der Waals surface area (Å²) in [7, 11) is 0. The van der Waals surface area contributed by atoms with Crippen LogP contribution >= 0.6 is 15.9 Å². The first kappa shape index (κ1) is 16.9.